The number of hydrogen-bond acceptors (Lipinski definition) is 4. The van der Waals surface area contributed by atoms with Crippen LogP contribution in [-0.4, -0.2) is 29.1 Å². The number of hydrogen-bond donors (Lipinski definition) is 0. The highest BCUT2D eigenvalue weighted by Crippen LogP contribution is 2.47. The zero-order chi connectivity index (χ0) is 72.6. The van der Waals surface area contributed by atoms with E-state index in [4.69, 9.17) is 19.9 Å². The van der Waals surface area contributed by atoms with Gasteiger partial charge >= 0.3 is 0 Å². The fourth-order valence-electron chi connectivity index (χ4n) is 16.8. The van der Waals surface area contributed by atoms with E-state index in [1.54, 1.807) is 0 Å². The Balaban J connectivity index is 0.000000140. The van der Waals surface area contributed by atoms with Crippen LogP contribution in [-0.2, 0) is 0 Å². The third kappa shape index (κ3) is 11.0. The Kier molecular flexibility index (Phi) is 15.5. The summed E-state index contributed by atoms with van der Waals surface area (Å²) in [4.78, 5) is 21.2. The van der Waals surface area contributed by atoms with E-state index in [1.807, 2.05) is 24.3 Å². The van der Waals surface area contributed by atoms with E-state index in [-0.39, 0.29) is 0 Å². The molecule has 110 heavy (non-hydrogen) atoms. The van der Waals surface area contributed by atoms with Gasteiger partial charge in [0.25, 0.3) is 0 Å². The molecule has 0 aliphatic rings. The van der Waals surface area contributed by atoms with Crippen LogP contribution in [0.3, 0.4) is 0 Å². The molecule has 18 aromatic carbocycles. The number of benzene rings is 18. The minimum atomic E-state index is 0.911. The predicted octanol–water partition coefficient (Wildman–Crippen LogP) is 27.4. The molecule has 0 amide bonds. The standard InChI is InChI=1S/2C52H33N3/c1-2-18-38(19-3-1)55-50-27-11-10-26-48(50)54-52(55)37-30-28-36(29-31-37)49-33-46(42-25-13-17-35-15-5-7-21-40(35)42)47-32-45(43-22-8-9-23-44(43)51(47)53-49)41-24-12-16-34-14-4-6-20-39(34)41;1-2-16-37(17-3-1)52-54-48-26-10-11-27-50(48)55(52)38-30-28-36(29-31-38)49-33-46(42-25-13-19-35-15-5-7-21-40(35)42)47-32-45(43-22-8-9-23-44(43)51(47)53-49)41-24-12-18-34-14-4-6-20-39(34)41/h2*1-33H. The molecule has 0 unspecified atom stereocenters. The monoisotopic (exact) mass is 1400 g/mol. The number of fused-ring (bicyclic) bond motifs is 12. The smallest absolute Gasteiger partial charge is 0.145 e. The zero-order valence-corrected chi connectivity index (χ0v) is 59.8. The summed E-state index contributed by atoms with van der Waals surface area (Å²) in [6.45, 7) is 0. The van der Waals surface area contributed by atoms with Gasteiger partial charge in [0.05, 0.1) is 44.5 Å². The Bertz CT molecular complexity index is 7360. The lowest BCUT2D eigenvalue weighted by Gasteiger charge is -2.18. The number of imidazole rings is 2. The molecule has 0 radical (unpaired) electrons. The van der Waals surface area contributed by atoms with Crippen molar-refractivity contribution < 1.29 is 0 Å². The Morgan fingerprint density at radius 1 is 0.173 bits per heavy atom. The SMILES string of the molecule is c1ccc(-c2nc3ccccc3n2-c2ccc(-c3cc(-c4cccc5ccccc45)c4cc(-c5cccc6ccccc56)c5ccccc5c4n3)cc2)cc1.c1ccc(-n2c(-c3ccc(-c4cc(-c5cccc6ccccc56)c5cc(-c6cccc7ccccc67)c6ccccc6c5n4)cc3)nc3ccccc32)cc1. The maximum atomic E-state index is 5.53. The normalized spacial score (nSPS) is 11.6. The van der Waals surface area contributed by atoms with Gasteiger partial charge < -0.3 is 0 Å². The van der Waals surface area contributed by atoms with Gasteiger partial charge in [0.1, 0.15) is 11.6 Å². The minimum absolute atomic E-state index is 0.911. The number of para-hydroxylation sites is 5. The highest BCUT2D eigenvalue weighted by molar-refractivity contribution is 6.21. The Hall–Kier alpha value is -14.7. The van der Waals surface area contributed by atoms with E-state index in [2.05, 4.69) is 385 Å². The molecule has 6 heteroatoms. The van der Waals surface area contributed by atoms with E-state index in [0.29, 0.717) is 0 Å². The average Bonchev–Trinajstić information content (AvgIpc) is 1.01. The van der Waals surface area contributed by atoms with Crippen molar-refractivity contribution in [1.29, 1.82) is 0 Å². The van der Waals surface area contributed by atoms with Crippen LogP contribution in [0.2, 0.25) is 0 Å². The van der Waals surface area contributed by atoms with Crippen molar-refractivity contribution in [2.24, 2.45) is 0 Å². The molecule has 0 aliphatic heterocycles. The molecule has 22 rings (SSSR count). The number of nitrogens with zero attached hydrogens (tertiary/aromatic N) is 6. The molecule has 0 saturated heterocycles. The second-order valence-electron chi connectivity index (χ2n) is 28.3. The summed E-state index contributed by atoms with van der Waals surface area (Å²) in [5, 5.41) is 16.7. The molecule has 0 fully saturated rings. The number of rotatable bonds is 10. The van der Waals surface area contributed by atoms with Crippen molar-refractivity contribution in [2.75, 3.05) is 0 Å². The van der Waals surface area contributed by atoms with Crippen LogP contribution >= 0.6 is 0 Å². The molecular weight excluding hydrogens is 1330 g/mol. The first kappa shape index (κ1) is 63.7. The minimum Gasteiger partial charge on any atom is -0.292 e. The Labute approximate surface area is 635 Å². The molecule has 0 bridgehead atoms. The van der Waals surface area contributed by atoms with Crippen LogP contribution in [0.15, 0.2) is 400 Å². The maximum Gasteiger partial charge on any atom is 0.145 e. The van der Waals surface area contributed by atoms with Gasteiger partial charge in [-0.1, -0.05) is 328 Å². The van der Waals surface area contributed by atoms with Gasteiger partial charge in [0.2, 0.25) is 0 Å². The van der Waals surface area contributed by atoms with Crippen molar-refractivity contribution in [3.63, 3.8) is 0 Å². The van der Waals surface area contributed by atoms with Crippen molar-refractivity contribution in [3.05, 3.63) is 400 Å². The van der Waals surface area contributed by atoms with Crippen LogP contribution in [0.1, 0.15) is 0 Å². The van der Waals surface area contributed by atoms with E-state index in [9.17, 15) is 0 Å². The van der Waals surface area contributed by atoms with Crippen LogP contribution < -0.4 is 0 Å². The number of aromatic nitrogens is 6. The molecule has 0 atom stereocenters. The fraction of sp³-hybridized carbons (Fsp3) is 0. The molecule has 512 valence electrons. The summed E-state index contributed by atoms with van der Waals surface area (Å²) in [6.07, 6.45) is 0. The lowest BCUT2D eigenvalue weighted by Crippen LogP contribution is -1.98. The van der Waals surface area contributed by atoms with Gasteiger partial charge in [0, 0.05) is 55.2 Å². The largest absolute Gasteiger partial charge is 0.292 e. The van der Waals surface area contributed by atoms with Gasteiger partial charge in [-0.2, -0.15) is 0 Å². The molecule has 4 heterocycles. The van der Waals surface area contributed by atoms with Gasteiger partial charge in [-0.25, -0.2) is 19.9 Å². The van der Waals surface area contributed by atoms with Gasteiger partial charge in [0.15, 0.2) is 0 Å². The number of pyridine rings is 2. The molecule has 6 nitrogen and oxygen atoms in total. The van der Waals surface area contributed by atoms with Crippen LogP contribution in [0.25, 0.3) is 210 Å². The molecule has 4 aromatic heterocycles. The molecule has 22 aromatic rings. The van der Waals surface area contributed by atoms with Crippen molar-refractivity contribution in [2.45, 2.75) is 0 Å². The first-order chi connectivity index (χ1) is 54.6. The third-order valence-corrected chi connectivity index (χ3v) is 22.0. The summed E-state index contributed by atoms with van der Waals surface area (Å²) < 4.78 is 4.50. The molecule has 0 saturated carbocycles. The third-order valence-electron chi connectivity index (χ3n) is 22.0. The molecule has 0 N–H and O–H groups in total. The summed E-state index contributed by atoms with van der Waals surface area (Å²) in [7, 11) is 0. The van der Waals surface area contributed by atoms with E-state index in [0.717, 1.165) is 111 Å². The first-order valence-electron chi connectivity index (χ1n) is 37.5. The van der Waals surface area contributed by atoms with E-state index < -0.39 is 0 Å². The lowest BCUT2D eigenvalue weighted by atomic mass is 9.88. The Morgan fingerprint density at radius 2 is 0.464 bits per heavy atom. The highest BCUT2D eigenvalue weighted by atomic mass is 15.1. The second-order valence-corrected chi connectivity index (χ2v) is 28.3. The zero-order valence-electron chi connectivity index (χ0n) is 59.8. The quantitative estimate of drug-likeness (QED) is 0.128. The molecule has 0 spiro atoms. The summed E-state index contributed by atoms with van der Waals surface area (Å²) in [6, 6.07) is 143. The highest BCUT2D eigenvalue weighted by Gasteiger charge is 2.23. The van der Waals surface area contributed by atoms with Crippen molar-refractivity contribution in [1.82, 2.24) is 29.1 Å². The average molecular weight is 1400 g/mol. The first-order valence-corrected chi connectivity index (χ1v) is 37.5. The van der Waals surface area contributed by atoms with Crippen LogP contribution in [0.4, 0.5) is 0 Å². The Morgan fingerprint density at radius 3 is 0.873 bits per heavy atom. The maximum absolute atomic E-state index is 5.53. The summed E-state index contributed by atoms with van der Waals surface area (Å²) in [5.74, 6) is 1.83. The fourth-order valence-corrected chi connectivity index (χ4v) is 16.8. The predicted molar refractivity (Wildman–Crippen MR) is 461 cm³/mol. The van der Waals surface area contributed by atoms with Crippen molar-refractivity contribution in [3.8, 4) is 101 Å². The van der Waals surface area contributed by atoms with Crippen molar-refractivity contribution >= 4 is 109 Å². The summed E-state index contributed by atoms with van der Waals surface area (Å²) in [5.41, 5.74) is 23.9. The van der Waals surface area contributed by atoms with Gasteiger partial charge in [-0.3, -0.25) is 9.13 Å². The van der Waals surface area contributed by atoms with E-state index in [1.165, 1.54) is 98.4 Å². The van der Waals surface area contributed by atoms with E-state index >= 15 is 0 Å². The lowest BCUT2D eigenvalue weighted by molar-refractivity contribution is 1.10. The summed E-state index contributed by atoms with van der Waals surface area (Å²) >= 11 is 0. The van der Waals surface area contributed by atoms with Gasteiger partial charge in [-0.05, 0) is 171 Å². The second kappa shape index (κ2) is 26.7. The van der Waals surface area contributed by atoms with Crippen LogP contribution in [0, 0.1) is 0 Å². The van der Waals surface area contributed by atoms with Crippen LogP contribution in [0.5, 0.6) is 0 Å². The topological polar surface area (TPSA) is 61.4 Å². The molecular formula is C104H66N6. The molecule has 0 aliphatic carbocycles. The van der Waals surface area contributed by atoms with Gasteiger partial charge in [-0.15, -0.1) is 0 Å².